The smallest absolute Gasteiger partial charge is 0.271 e. The number of hydrogen-bond donors (Lipinski definition) is 1. The Morgan fingerprint density at radius 1 is 1.56 bits per heavy atom. The molecule has 0 spiro atoms. The third kappa shape index (κ3) is 0.453. The van der Waals surface area contributed by atoms with Gasteiger partial charge in [-0.25, -0.2) is 4.52 Å². The summed E-state index contributed by atoms with van der Waals surface area (Å²) in [5.41, 5.74) is 0. The van der Waals surface area contributed by atoms with Gasteiger partial charge in [0.1, 0.15) is 6.33 Å². The van der Waals surface area contributed by atoms with E-state index in [0.29, 0.717) is 5.78 Å². The van der Waals surface area contributed by atoms with Crippen LogP contribution in [0.2, 0.25) is 0 Å². The molecular weight excluding hydrogens is 118 g/mol. The van der Waals surface area contributed by atoms with E-state index in [1.54, 1.807) is 10.8 Å². The molecule has 2 rings (SSSR count). The van der Waals surface area contributed by atoms with Crippen LogP contribution in [-0.2, 0) is 0 Å². The van der Waals surface area contributed by atoms with Crippen LogP contribution >= 0.6 is 0 Å². The van der Waals surface area contributed by atoms with Crippen molar-refractivity contribution in [2.75, 3.05) is 0 Å². The first-order valence-electron chi connectivity index (χ1n) is 2.59. The Morgan fingerprint density at radius 2 is 2.44 bits per heavy atom. The second-order valence-electron chi connectivity index (χ2n) is 1.77. The Morgan fingerprint density at radius 3 is 3.22 bits per heavy atom. The SMILES string of the molecule is Cc1nnc2nc[nH]n12. The zero-order chi connectivity index (χ0) is 6.27. The Bertz CT molecular complexity index is 318. The second kappa shape index (κ2) is 1.31. The maximum atomic E-state index is 3.87. The molecule has 2 aromatic heterocycles. The van der Waals surface area contributed by atoms with E-state index in [2.05, 4.69) is 20.3 Å². The largest absolute Gasteiger partial charge is 0.279 e. The minimum absolute atomic E-state index is 0.618. The molecule has 1 N–H and O–H groups in total. The van der Waals surface area contributed by atoms with Gasteiger partial charge in [-0.05, 0) is 6.92 Å². The number of hydrogen-bond acceptors (Lipinski definition) is 3. The van der Waals surface area contributed by atoms with E-state index in [9.17, 15) is 0 Å². The molecule has 0 unspecified atom stereocenters. The third-order valence-corrected chi connectivity index (χ3v) is 1.17. The molecule has 5 heteroatoms. The lowest BCUT2D eigenvalue weighted by molar-refractivity contribution is 0.892. The molecular formula is C4H5N5. The number of aromatic amines is 1. The molecule has 0 atom stereocenters. The average Bonchev–Trinajstić information content (AvgIpc) is 2.35. The van der Waals surface area contributed by atoms with Crippen molar-refractivity contribution in [2.24, 2.45) is 0 Å². The zero-order valence-electron chi connectivity index (χ0n) is 4.87. The van der Waals surface area contributed by atoms with Crippen molar-refractivity contribution in [1.29, 1.82) is 0 Å². The molecule has 5 nitrogen and oxygen atoms in total. The fourth-order valence-electron chi connectivity index (χ4n) is 0.730. The summed E-state index contributed by atoms with van der Waals surface area (Å²) in [7, 11) is 0. The van der Waals surface area contributed by atoms with Crippen molar-refractivity contribution in [1.82, 2.24) is 24.8 Å². The summed E-state index contributed by atoms with van der Waals surface area (Å²) in [4.78, 5) is 3.87. The summed E-state index contributed by atoms with van der Waals surface area (Å²) in [6.45, 7) is 1.86. The molecule has 0 aliphatic carbocycles. The molecule has 9 heavy (non-hydrogen) atoms. The molecule has 2 heterocycles. The predicted octanol–water partition coefficient (Wildman–Crippen LogP) is -0.239. The highest BCUT2D eigenvalue weighted by Crippen LogP contribution is 1.93. The summed E-state index contributed by atoms with van der Waals surface area (Å²) in [5, 5.41) is 10.4. The first kappa shape index (κ1) is 4.49. The molecule has 0 bridgehead atoms. The van der Waals surface area contributed by atoms with Gasteiger partial charge in [-0.1, -0.05) is 0 Å². The van der Waals surface area contributed by atoms with Crippen LogP contribution in [0.3, 0.4) is 0 Å². The molecule has 0 radical (unpaired) electrons. The van der Waals surface area contributed by atoms with E-state index >= 15 is 0 Å². The van der Waals surface area contributed by atoms with Gasteiger partial charge in [0.25, 0.3) is 5.78 Å². The molecule has 0 aromatic carbocycles. The van der Waals surface area contributed by atoms with Crippen LogP contribution in [0, 0.1) is 6.92 Å². The Balaban J connectivity index is 2.99. The van der Waals surface area contributed by atoms with Crippen molar-refractivity contribution in [3.8, 4) is 0 Å². The van der Waals surface area contributed by atoms with Crippen LogP contribution < -0.4 is 0 Å². The maximum absolute atomic E-state index is 3.87. The van der Waals surface area contributed by atoms with Gasteiger partial charge in [-0.3, -0.25) is 5.10 Å². The van der Waals surface area contributed by atoms with Crippen LogP contribution in [0.1, 0.15) is 5.82 Å². The van der Waals surface area contributed by atoms with E-state index < -0.39 is 0 Å². The van der Waals surface area contributed by atoms with Gasteiger partial charge < -0.3 is 0 Å². The molecule has 0 fully saturated rings. The molecule has 2 aromatic rings. The number of H-pyrrole nitrogens is 1. The topological polar surface area (TPSA) is 58.9 Å². The molecule has 0 aliphatic rings. The Hall–Kier alpha value is -1.39. The lowest BCUT2D eigenvalue weighted by atomic mass is 10.7. The number of nitrogens with zero attached hydrogens (tertiary/aromatic N) is 4. The van der Waals surface area contributed by atoms with E-state index in [1.807, 2.05) is 6.92 Å². The van der Waals surface area contributed by atoms with Crippen LogP contribution in [0.15, 0.2) is 6.33 Å². The van der Waals surface area contributed by atoms with Crippen molar-refractivity contribution >= 4 is 5.78 Å². The van der Waals surface area contributed by atoms with E-state index in [0.717, 1.165) is 5.82 Å². The van der Waals surface area contributed by atoms with E-state index in [4.69, 9.17) is 0 Å². The van der Waals surface area contributed by atoms with Crippen LogP contribution in [-0.4, -0.2) is 24.8 Å². The minimum Gasteiger partial charge on any atom is -0.279 e. The van der Waals surface area contributed by atoms with Gasteiger partial charge in [-0.2, -0.15) is 4.98 Å². The second-order valence-corrected chi connectivity index (χ2v) is 1.77. The maximum Gasteiger partial charge on any atom is 0.271 e. The standard InChI is InChI=1S/C4H5N5/c1-3-7-8-4-5-2-6-9(3)4/h2H,1H3,(H,5,6,8). The summed E-state index contributed by atoms with van der Waals surface area (Å²) >= 11 is 0. The molecule has 46 valence electrons. The first-order chi connectivity index (χ1) is 4.38. The Labute approximate surface area is 50.7 Å². The summed E-state index contributed by atoms with van der Waals surface area (Å²) in [5.74, 6) is 1.44. The number of nitrogens with one attached hydrogen (secondary N) is 1. The fraction of sp³-hybridized carbons (Fsp3) is 0.250. The molecule has 0 saturated heterocycles. The monoisotopic (exact) mass is 123 g/mol. The van der Waals surface area contributed by atoms with Crippen molar-refractivity contribution < 1.29 is 0 Å². The van der Waals surface area contributed by atoms with Gasteiger partial charge >= 0.3 is 0 Å². The highest BCUT2D eigenvalue weighted by atomic mass is 15.4. The van der Waals surface area contributed by atoms with Crippen molar-refractivity contribution in [2.45, 2.75) is 6.92 Å². The van der Waals surface area contributed by atoms with E-state index in [-0.39, 0.29) is 0 Å². The quantitative estimate of drug-likeness (QED) is 0.526. The van der Waals surface area contributed by atoms with Gasteiger partial charge in [0.15, 0.2) is 5.82 Å². The first-order valence-corrected chi connectivity index (χ1v) is 2.59. The van der Waals surface area contributed by atoms with Crippen molar-refractivity contribution in [3.05, 3.63) is 12.2 Å². The summed E-state index contributed by atoms with van der Waals surface area (Å²) < 4.78 is 1.71. The summed E-state index contributed by atoms with van der Waals surface area (Å²) in [6, 6.07) is 0. The van der Waals surface area contributed by atoms with Crippen molar-refractivity contribution in [3.63, 3.8) is 0 Å². The minimum atomic E-state index is 0.618. The zero-order valence-corrected chi connectivity index (χ0v) is 4.87. The van der Waals surface area contributed by atoms with Crippen LogP contribution in [0.25, 0.3) is 5.78 Å². The molecule has 0 aliphatic heterocycles. The van der Waals surface area contributed by atoms with Gasteiger partial charge in [0.05, 0.1) is 0 Å². The Kier molecular flexibility index (Phi) is 0.652. The number of aryl methyl sites for hydroxylation is 1. The van der Waals surface area contributed by atoms with E-state index in [1.165, 1.54) is 0 Å². The number of aromatic nitrogens is 5. The van der Waals surface area contributed by atoms with Gasteiger partial charge in [0, 0.05) is 0 Å². The van der Waals surface area contributed by atoms with Crippen LogP contribution in [0.4, 0.5) is 0 Å². The normalized spacial score (nSPS) is 10.8. The highest BCUT2D eigenvalue weighted by molar-refractivity contribution is 5.22. The van der Waals surface area contributed by atoms with Crippen LogP contribution in [0.5, 0.6) is 0 Å². The fourth-order valence-corrected chi connectivity index (χ4v) is 0.730. The predicted molar refractivity (Wildman–Crippen MR) is 29.9 cm³/mol. The van der Waals surface area contributed by atoms with Gasteiger partial charge in [-0.15, -0.1) is 10.2 Å². The lowest BCUT2D eigenvalue weighted by Crippen LogP contribution is -1.85. The number of rotatable bonds is 0. The summed E-state index contributed by atoms with van der Waals surface area (Å²) in [6.07, 6.45) is 1.58. The number of fused-ring (bicyclic) bond motifs is 1. The highest BCUT2D eigenvalue weighted by Gasteiger charge is 1.98. The molecule has 0 saturated carbocycles. The third-order valence-electron chi connectivity index (χ3n) is 1.17. The molecule has 0 amide bonds. The van der Waals surface area contributed by atoms with Gasteiger partial charge in [0.2, 0.25) is 0 Å². The lowest BCUT2D eigenvalue weighted by Gasteiger charge is -1.79. The average molecular weight is 123 g/mol.